The molecule has 0 saturated carbocycles. The smallest absolute Gasteiger partial charge is 0.220 e. The highest BCUT2D eigenvalue weighted by molar-refractivity contribution is 7.90. The predicted octanol–water partition coefficient (Wildman–Crippen LogP) is 3.84. The molecular formula is C21H31ClN2O4S. The third-order valence-corrected chi connectivity index (χ3v) is 7.09. The van der Waals surface area contributed by atoms with Gasteiger partial charge in [0.05, 0.1) is 19.3 Å². The van der Waals surface area contributed by atoms with Crippen LogP contribution in [0.3, 0.4) is 0 Å². The first kappa shape index (κ1) is 22.8. The highest BCUT2D eigenvalue weighted by Crippen LogP contribution is 2.36. The van der Waals surface area contributed by atoms with Crippen LogP contribution < -0.4 is 4.72 Å². The molecule has 29 heavy (non-hydrogen) atoms. The summed E-state index contributed by atoms with van der Waals surface area (Å²) in [5.41, 5.74) is 3.16. The molecule has 1 aromatic carbocycles. The van der Waals surface area contributed by atoms with Crippen molar-refractivity contribution in [2.75, 3.05) is 13.2 Å². The summed E-state index contributed by atoms with van der Waals surface area (Å²) in [6, 6.07) is 3.68. The average molecular weight is 443 g/mol. The van der Waals surface area contributed by atoms with E-state index in [0.29, 0.717) is 44.2 Å². The van der Waals surface area contributed by atoms with Gasteiger partial charge in [0.1, 0.15) is 4.75 Å². The second-order valence-corrected chi connectivity index (χ2v) is 11.1. The van der Waals surface area contributed by atoms with Gasteiger partial charge in [0, 0.05) is 42.8 Å². The summed E-state index contributed by atoms with van der Waals surface area (Å²) in [6.45, 7) is 9.93. The lowest BCUT2D eigenvalue weighted by Crippen LogP contribution is -2.42. The monoisotopic (exact) mass is 442 g/mol. The molecule has 0 spiro atoms. The van der Waals surface area contributed by atoms with Crippen LogP contribution >= 0.6 is 11.6 Å². The van der Waals surface area contributed by atoms with Gasteiger partial charge in [0.25, 0.3) is 0 Å². The van der Waals surface area contributed by atoms with Gasteiger partial charge < -0.3 is 18.9 Å². The van der Waals surface area contributed by atoms with Crippen LogP contribution in [-0.4, -0.2) is 39.6 Å². The largest absolute Gasteiger partial charge is 0.598 e. The lowest BCUT2D eigenvalue weighted by atomic mass is 9.95. The molecule has 2 aliphatic rings. The van der Waals surface area contributed by atoms with E-state index in [2.05, 4.69) is 4.72 Å². The van der Waals surface area contributed by atoms with Crippen molar-refractivity contribution in [1.29, 1.82) is 0 Å². The van der Waals surface area contributed by atoms with Crippen LogP contribution in [0.15, 0.2) is 12.1 Å². The zero-order chi connectivity index (χ0) is 21.2. The van der Waals surface area contributed by atoms with Crippen molar-refractivity contribution >= 4 is 28.9 Å². The van der Waals surface area contributed by atoms with E-state index in [1.165, 1.54) is 0 Å². The quantitative estimate of drug-likeness (QED) is 0.677. The van der Waals surface area contributed by atoms with Crippen molar-refractivity contribution in [2.24, 2.45) is 0 Å². The molecule has 1 aromatic rings. The summed E-state index contributed by atoms with van der Waals surface area (Å²) in [6.07, 6.45) is 2.06. The number of rotatable bonds is 6. The Balaban J connectivity index is 1.86. The minimum atomic E-state index is -1.25. The number of hydrogen-bond donors (Lipinski definition) is 1. The second-order valence-electron chi connectivity index (χ2n) is 8.66. The Morgan fingerprint density at radius 2 is 2.03 bits per heavy atom. The molecule has 0 bridgehead atoms. The van der Waals surface area contributed by atoms with Gasteiger partial charge in [-0.3, -0.25) is 4.79 Å². The molecule has 0 radical (unpaired) electrons. The van der Waals surface area contributed by atoms with Crippen molar-refractivity contribution in [1.82, 2.24) is 9.62 Å². The number of fused-ring (bicyclic) bond motifs is 1. The average Bonchev–Trinajstić information content (AvgIpc) is 3.08. The van der Waals surface area contributed by atoms with Gasteiger partial charge >= 0.3 is 0 Å². The van der Waals surface area contributed by atoms with Crippen LogP contribution in [0.5, 0.6) is 0 Å². The standard InChI is InChI=1S/C21H31ClN2O4S/c1-14(25)24-12-15-10-16(22)11-17(18(15)13-24)19(23-29(26)21(2,3)4)6-7-20-27-8-5-9-28-20/h10-11,19-20,23H,5-9,12-13H2,1-4H3/t19?,29-/m0/s1. The summed E-state index contributed by atoms with van der Waals surface area (Å²) < 4.78 is 27.2. The number of amides is 1. The first-order valence-corrected chi connectivity index (χ1v) is 11.7. The van der Waals surface area contributed by atoms with Gasteiger partial charge in [-0.2, -0.15) is 0 Å². The minimum Gasteiger partial charge on any atom is -0.598 e. The lowest BCUT2D eigenvalue weighted by Gasteiger charge is -2.30. The number of benzene rings is 1. The molecule has 8 heteroatoms. The van der Waals surface area contributed by atoms with E-state index in [1.54, 1.807) is 11.8 Å². The molecule has 1 unspecified atom stereocenters. The van der Waals surface area contributed by atoms with Crippen molar-refractivity contribution in [2.45, 2.75) is 77.1 Å². The normalized spacial score (nSPS) is 19.9. The van der Waals surface area contributed by atoms with E-state index in [0.717, 1.165) is 23.1 Å². The summed E-state index contributed by atoms with van der Waals surface area (Å²) >= 11 is 5.17. The van der Waals surface area contributed by atoms with Crippen LogP contribution in [-0.2, 0) is 38.7 Å². The number of hydrogen-bond acceptors (Lipinski definition) is 5. The fraction of sp³-hybridized carbons (Fsp3) is 0.667. The third-order valence-electron chi connectivity index (χ3n) is 5.27. The van der Waals surface area contributed by atoms with Gasteiger partial charge in [-0.05, 0) is 62.4 Å². The fourth-order valence-electron chi connectivity index (χ4n) is 3.63. The van der Waals surface area contributed by atoms with E-state index in [4.69, 9.17) is 21.1 Å². The van der Waals surface area contributed by atoms with Crippen molar-refractivity contribution in [3.8, 4) is 0 Å². The molecule has 0 aromatic heterocycles. The first-order valence-electron chi connectivity index (χ1n) is 10.1. The molecule has 0 aliphatic carbocycles. The molecular weight excluding hydrogens is 412 g/mol. The van der Waals surface area contributed by atoms with Crippen LogP contribution in [0.4, 0.5) is 0 Å². The van der Waals surface area contributed by atoms with Crippen LogP contribution in [0.25, 0.3) is 0 Å². The Hall–Kier alpha value is -0.830. The molecule has 6 nitrogen and oxygen atoms in total. The molecule has 1 saturated heterocycles. The maximum Gasteiger partial charge on any atom is 0.220 e. The van der Waals surface area contributed by atoms with E-state index < -0.39 is 16.1 Å². The highest BCUT2D eigenvalue weighted by atomic mass is 35.5. The lowest BCUT2D eigenvalue weighted by molar-refractivity contribution is -0.182. The molecule has 2 heterocycles. The van der Waals surface area contributed by atoms with E-state index in [-0.39, 0.29) is 18.2 Å². The Kier molecular flexibility index (Phi) is 7.51. The van der Waals surface area contributed by atoms with Gasteiger partial charge in [-0.15, -0.1) is 4.72 Å². The Bertz CT molecular complexity index is 734. The van der Waals surface area contributed by atoms with Gasteiger partial charge in [-0.1, -0.05) is 11.6 Å². The predicted molar refractivity (Wildman–Crippen MR) is 115 cm³/mol. The molecule has 3 rings (SSSR count). The molecule has 2 atom stereocenters. The van der Waals surface area contributed by atoms with Crippen LogP contribution in [0.2, 0.25) is 5.02 Å². The molecule has 1 fully saturated rings. The van der Waals surface area contributed by atoms with Crippen LogP contribution in [0, 0.1) is 0 Å². The van der Waals surface area contributed by atoms with Gasteiger partial charge in [0.2, 0.25) is 5.91 Å². The molecule has 1 N–H and O–H groups in total. The topological polar surface area (TPSA) is 73.9 Å². The number of halogens is 1. The third kappa shape index (κ3) is 5.87. The van der Waals surface area contributed by atoms with Gasteiger partial charge in [-0.25, -0.2) is 0 Å². The van der Waals surface area contributed by atoms with Crippen molar-refractivity contribution in [3.05, 3.63) is 33.8 Å². The minimum absolute atomic E-state index is 0.0371. The zero-order valence-corrected chi connectivity index (χ0v) is 19.2. The van der Waals surface area contributed by atoms with Gasteiger partial charge in [0.15, 0.2) is 6.29 Å². The van der Waals surface area contributed by atoms with Crippen molar-refractivity contribution in [3.63, 3.8) is 0 Å². The second kappa shape index (κ2) is 9.54. The number of nitrogens with zero attached hydrogens (tertiary/aromatic N) is 1. The Labute approximate surface area is 181 Å². The molecule has 162 valence electrons. The summed E-state index contributed by atoms with van der Waals surface area (Å²) in [7, 11) is 0. The van der Waals surface area contributed by atoms with E-state index in [1.807, 2.05) is 32.9 Å². The highest BCUT2D eigenvalue weighted by Gasteiger charge is 2.33. The summed E-state index contributed by atoms with van der Waals surface area (Å²) in [5, 5.41) is 0.627. The Morgan fingerprint density at radius 3 is 2.66 bits per heavy atom. The fourth-order valence-corrected chi connectivity index (χ4v) is 4.73. The zero-order valence-electron chi connectivity index (χ0n) is 17.6. The number of carbonyl (C=O) groups is 1. The van der Waals surface area contributed by atoms with Crippen LogP contribution in [0.1, 0.15) is 69.7 Å². The summed E-state index contributed by atoms with van der Waals surface area (Å²) in [5.74, 6) is 0.0371. The molecule has 2 aliphatic heterocycles. The summed E-state index contributed by atoms with van der Waals surface area (Å²) in [4.78, 5) is 13.7. The molecule has 1 amide bonds. The number of nitrogens with one attached hydrogen (secondary N) is 1. The first-order chi connectivity index (χ1) is 13.6. The van der Waals surface area contributed by atoms with E-state index >= 15 is 0 Å². The van der Waals surface area contributed by atoms with E-state index in [9.17, 15) is 9.35 Å². The number of ether oxygens (including phenoxy) is 2. The SMILES string of the molecule is CC(=O)N1Cc2cc(Cl)cc(C(CCC3OCCCO3)N[S@@+]([O-])C(C)(C)C)c2C1. The maximum absolute atomic E-state index is 12.9. The number of carbonyl (C=O) groups excluding carboxylic acids is 1. The Morgan fingerprint density at radius 1 is 1.34 bits per heavy atom. The maximum atomic E-state index is 12.9. The van der Waals surface area contributed by atoms with Crippen molar-refractivity contribution < 1.29 is 18.8 Å².